The molecule has 8 heteroatoms. The lowest BCUT2D eigenvalue weighted by Gasteiger charge is -2.27. The van der Waals surface area contributed by atoms with Crippen molar-refractivity contribution in [3.05, 3.63) is 86.7 Å². The minimum absolute atomic E-state index is 0.112. The zero-order valence-electron chi connectivity index (χ0n) is 20.4. The number of nitrogens with zero attached hydrogens (tertiary/aromatic N) is 5. The van der Waals surface area contributed by atoms with E-state index in [1.807, 2.05) is 30.7 Å². The van der Waals surface area contributed by atoms with Crippen LogP contribution in [-0.2, 0) is 25.2 Å². The first kappa shape index (κ1) is 23.8. The number of H-pyrrole nitrogens is 1. The minimum atomic E-state index is -0.277. The maximum Gasteiger partial charge on any atom is 0.252 e. The second-order valence-electron chi connectivity index (χ2n) is 9.56. The summed E-state index contributed by atoms with van der Waals surface area (Å²) >= 11 is 0. The molecule has 0 aliphatic heterocycles. The molecule has 34 heavy (non-hydrogen) atoms. The lowest BCUT2D eigenvalue weighted by atomic mass is 10.0. The van der Waals surface area contributed by atoms with Crippen LogP contribution in [-0.4, -0.2) is 30.1 Å². The Labute approximate surface area is 198 Å². The second-order valence-corrected chi connectivity index (χ2v) is 9.56. The summed E-state index contributed by atoms with van der Waals surface area (Å²) < 4.78 is 15.3. The van der Waals surface area contributed by atoms with Crippen LogP contribution in [0.2, 0.25) is 0 Å². The highest BCUT2D eigenvalue weighted by Gasteiger charge is 2.25. The molecule has 2 aromatic heterocycles. The van der Waals surface area contributed by atoms with Gasteiger partial charge in [0.1, 0.15) is 5.82 Å². The van der Waals surface area contributed by atoms with E-state index in [2.05, 4.69) is 52.2 Å². The SMILES string of the molecule is CCC(C)(C)n1nnnc1CN(Cc1ccc(F)cc1)Cc1cc2c(C)ccc(C)c2[nH]c1=O. The molecule has 0 spiro atoms. The first-order valence-corrected chi connectivity index (χ1v) is 11.5. The maximum atomic E-state index is 13.5. The highest BCUT2D eigenvalue weighted by Crippen LogP contribution is 2.23. The van der Waals surface area contributed by atoms with Gasteiger partial charge in [-0.1, -0.05) is 31.2 Å². The van der Waals surface area contributed by atoms with Crippen molar-refractivity contribution < 1.29 is 4.39 Å². The molecule has 0 atom stereocenters. The monoisotopic (exact) mass is 462 g/mol. The van der Waals surface area contributed by atoms with Gasteiger partial charge in [-0.15, -0.1) is 5.10 Å². The van der Waals surface area contributed by atoms with Gasteiger partial charge < -0.3 is 4.98 Å². The van der Waals surface area contributed by atoms with E-state index >= 15 is 0 Å². The molecule has 0 amide bonds. The summed E-state index contributed by atoms with van der Waals surface area (Å²) in [4.78, 5) is 18.2. The molecule has 2 aromatic carbocycles. The molecule has 0 unspecified atom stereocenters. The van der Waals surface area contributed by atoms with Crippen molar-refractivity contribution >= 4 is 10.9 Å². The lowest BCUT2D eigenvalue weighted by molar-refractivity contribution is 0.217. The van der Waals surface area contributed by atoms with E-state index in [4.69, 9.17) is 0 Å². The summed E-state index contributed by atoms with van der Waals surface area (Å²) in [5.41, 5.74) is 4.27. The Balaban J connectivity index is 1.71. The molecule has 0 radical (unpaired) electrons. The summed E-state index contributed by atoms with van der Waals surface area (Å²) in [7, 11) is 0. The number of nitrogens with one attached hydrogen (secondary N) is 1. The van der Waals surface area contributed by atoms with Gasteiger partial charge in [0, 0.05) is 24.0 Å². The average molecular weight is 463 g/mol. The Kier molecular flexibility index (Phi) is 6.61. The molecule has 0 saturated carbocycles. The Bertz CT molecular complexity index is 1360. The number of tetrazole rings is 1. The number of benzene rings is 2. The van der Waals surface area contributed by atoms with Crippen molar-refractivity contribution in [1.29, 1.82) is 0 Å². The predicted octanol–water partition coefficient (Wildman–Crippen LogP) is 4.62. The van der Waals surface area contributed by atoms with E-state index in [9.17, 15) is 9.18 Å². The van der Waals surface area contributed by atoms with Crippen LogP contribution in [0.3, 0.4) is 0 Å². The Morgan fingerprint density at radius 3 is 2.44 bits per heavy atom. The molecule has 178 valence electrons. The fourth-order valence-electron chi connectivity index (χ4n) is 4.12. The summed E-state index contributed by atoms with van der Waals surface area (Å²) in [5.74, 6) is 0.443. The van der Waals surface area contributed by atoms with E-state index in [1.165, 1.54) is 12.1 Å². The average Bonchev–Trinajstić information content (AvgIpc) is 3.28. The molecule has 0 fully saturated rings. The molecule has 0 bridgehead atoms. The highest BCUT2D eigenvalue weighted by molar-refractivity contribution is 5.85. The molecule has 2 heterocycles. The zero-order valence-corrected chi connectivity index (χ0v) is 20.4. The third-order valence-corrected chi connectivity index (χ3v) is 6.57. The highest BCUT2D eigenvalue weighted by atomic mass is 19.1. The molecule has 4 aromatic rings. The standard InChI is InChI=1S/C26H31FN6O/c1-6-26(4,5)33-23(29-30-31-33)16-32(14-19-9-11-21(27)12-10-19)15-20-13-22-17(2)7-8-18(3)24(22)28-25(20)34/h7-13H,6,14-16H2,1-5H3,(H,28,34). The number of hydrogen-bond acceptors (Lipinski definition) is 5. The Morgan fingerprint density at radius 1 is 1.03 bits per heavy atom. The van der Waals surface area contributed by atoms with Crippen LogP contribution in [0.4, 0.5) is 4.39 Å². The van der Waals surface area contributed by atoms with Crippen molar-refractivity contribution in [2.24, 2.45) is 0 Å². The number of aromatic amines is 1. The first-order chi connectivity index (χ1) is 16.2. The van der Waals surface area contributed by atoms with Crippen LogP contribution < -0.4 is 5.56 Å². The van der Waals surface area contributed by atoms with Crippen LogP contribution >= 0.6 is 0 Å². The largest absolute Gasteiger partial charge is 0.321 e. The minimum Gasteiger partial charge on any atom is -0.321 e. The summed E-state index contributed by atoms with van der Waals surface area (Å²) in [6.45, 7) is 11.7. The third kappa shape index (κ3) is 4.92. The van der Waals surface area contributed by atoms with Crippen LogP contribution in [0.5, 0.6) is 0 Å². The second kappa shape index (κ2) is 9.46. The molecule has 0 saturated heterocycles. The van der Waals surface area contributed by atoms with Crippen molar-refractivity contribution in [3.8, 4) is 0 Å². The Morgan fingerprint density at radius 2 is 1.74 bits per heavy atom. The summed E-state index contributed by atoms with van der Waals surface area (Å²) in [6, 6.07) is 12.5. The molecule has 1 N–H and O–H groups in total. The molecule has 0 aliphatic carbocycles. The first-order valence-electron chi connectivity index (χ1n) is 11.5. The third-order valence-electron chi connectivity index (χ3n) is 6.57. The number of pyridine rings is 1. The van der Waals surface area contributed by atoms with Gasteiger partial charge in [-0.2, -0.15) is 0 Å². The van der Waals surface area contributed by atoms with Crippen molar-refractivity contribution in [2.45, 2.75) is 66.2 Å². The normalized spacial score (nSPS) is 12.1. The molecular formula is C26H31FN6O. The summed E-state index contributed by atoms with van der Waals surface area (Å²) in [6.07, 6.45) is 0.867. The van der Waals surface area contributed by atoms with Crippen LogP contribution in [0, 0.1) is 19.7 Å². The van der Waals surface area contributed by atoms with Gasteiger partial charge in [0.15, 0.2) is 5.82 Å². The number of rotatable bonds is 8. The van der Waals surface area contributed by atoms with E-state index in [0.717, 1.165) is 39.8 Å². The molecule has 7 nitrogen and oxygen atoms in total. The molecule has 4 rings (SSSR count). The van der Waals surface area contributed by atoms with Crippen LogP contribution in [0.25, 0.3) is 10.9 Å². The molecule has 0 aliphatic rings. The quantitative estimate of drug-likeness (QED) is 0.413. The smallest absolute Gasteiger partial charge is 0.252 e. The van der Waals surface area contributed by atoms with Crippen LogP contribution in [0.15, 0.2) is 47.3 Å². The van der Waals surface area contributed by atoms with E-state index in [0.29, 0.717) is 25.2 Å². The lowest BCUT2D eigenvalue weighted by Crippen LogP contribution is -2.32. The van der Waals surface area contributed by atoms with Gasteiger partial charge in [0.2, 0.25) is 0 Å². The fourth-order valence-corrected chi connectivity index (χ4v) is 4.12. The number of aromatic nitrogens is 5. The number of halogens is 1. The number of aryl methyl sites for hydroxylation is 2. The van der Waals surface area contributed by atoms with Crippen molar-refractivity contribution in [1.82, 2.24) is 30.1 Å². The van der Waals surface area contributed by atoms with Gasteiger partial charge in [-0.3, -0.25) is 9.69 Å². The van der Waals surface area contributed by atoms with Crippen LogP contribution in [0.1, 0.15) is 55.3 Å². The topological polar surface area (TPSA) is 79.7 Å². The van der Waals surface area contributed by atoms with Crippen molar-refractivity contribution in [2.75, 3.05) is 0 Å². The summed E-state index contributed by atoms with van der Waals surface area (Å²) in [5, 5.41) is 13.5. The van der Waals surface area contributed by atoms with E-state index < -0.39 is 0 Å². The number of hydrogen-bond donors (Lipinski definition) is 1. The van der Waals surface area contributed by atoms with Gasteiger partial charge in [0.05, 0.1) is 17.6 Å². The Hall–Kier alpha value is -3.39. The predicted molar refractivity (Wildman–Crippen MR) is 131 cm³/mol. The van der Waals surface area contributed by atoms with Gasteiger partial charge in [-0.25, -0.2) is 9.07 Å². The zero-order chi connectivity index (χ0) is 24.5. The van der Waals surface area contributed by atoms with Crippen molar-refractivity contribution in [3.63, 3.8) is 0 Å². The van der Waals surface area contributed by atoms with Gasteiger partial charge in [-0.05, 0) is 79.4 Å². The van der Waals surface area contributed by atoms with Gasteiger partial charge >= 0.3 is 0 Å². The fraction of sp³-hybridized carbons (Fsp3) is 0.385. The van der Waals surface area contributed by atoms with E-state index in [-0.39, 0.29) is 16.9 Å². The number of fused-ring (bicyclic) bond motifs is 1. The van der Waals surface area contributed by atoms with Gasteiger partial charge in [0.25, 0.3) is 5.56 Å². The van der Waals surface area contributed by atoms with E-state index in [1.54, 1.807) is 12.1 Å². The molecular weight excluding hydrogens is 431 g/mol. The maximum absolute atomic E-state index is 13.5.